The quantitative estimate of drug-likeness (QED) is 0.269. The van der Waals surface area contributed by atoms with Crippen molar-refractivity contribution in [2.45, 2.75) is 63.7 Å². The zero-order chi connectivity index (χ0) is 23.2. The molecule has 1 aliphatic rings. The van der Waals surface area contributed by atoms with Crippen LogP contribution in [-0.2, 0) is 13.9 Å². The molecule has 1 N–H and O–H groups in total. The summed E-state index contributed by atoms with van der Waals surface area (Å²) in [6.07, 6.45) is -0.959. The van der Waals surface area contributed by atoms with Crippen LogP contribution in [0.15, 0.2) is 65.8 Å². The minimum absolute atomic E-state index is 0.0156. The van der Waals surface area contributed by atoms with Crippen molar-refractivity contribution in [2.75, 3.05) is 13.2 Å². The van der Waals surface area contributed by atoms with E-state index in [0.717, 1.165) is 0 Å². The van der Waals surface area contributed by atoms with Gasteiger partial charge in [-0.25, -0.2) is 0 Å². The Balaban J connectivity index is 1.94. The SMILES string of the molecule is C[C@H]1CC(OC(CO)N=[N+]=[N-])[C@@H](CO[Si](c2ccccc2)(c2ccccc2)C(C)(C)C)O1. The highest BCUT2D eigenvalue weighted by Crippen LogP contribution is 2.37. The third-order valence-corrected chi connectivity index (χ3v) is 10.9. The molecule has 1 heterocycles. The topological polar surface area (TPSA) is 96.7 Å². The molecule has 8 heteroatoms. The number of azide groups is 1. The summed E-state index contributed by atoms with van der Waals surface area (Å²) in [5, 5.41) is 15.3. The zero-order valence-corrected chi connectivity index (χ0v) is 20.2. The van der Waals surface area contributed by atoms with Crippen LogP contribution in [0.4, 0.5) is 0 Å². The average Bonchev–Trinajstić information content (AvgIpc) is 3.13. The van der Waals surface area contributed by atoms with E-state index in [9.17, 15) is 5.11 Å². The van der Waals surface area contributed by atoms with Crippen molar-refractivity contribution in [3.8, 4) is 0 Å². The first-order valence-electron chi connectivity index (χ1n) is 11.0. The molecule has 0 radical (unpaired) electrons. The number of ether oxygens (including phenoxy) is 2. The minimum Gasteiger partial charge on any atom is -0.405 e. The highest BCUT2D eigenvalue weighted by Gasteiger charge is 2.51. The van der Waals surface area contributed by atoms with Crippen molar-refractivity contribution >= 4 is 18.7 Å². The summed E-state index contributed by atoms with van der Waals surface area (Å²) in [7, 11) is -2.70. The molecule has 7 nitrogen and oxygen atoms in total. The average molecular weight is 456 g/mol. The minimum atomic E-state index is -2.70. The first kappa shape index (κ1) is 24.4. The first-order chi connectivity index (χ1) is 15.3. The largest absolute Gasteiger partial charge is 0.405 e. The Labute approximate surface area is 191 Å². The second-order valence-corrected chi connectivity index (χ2v) is 13.5. The molecule has 2 aromatic carbocycles. The monoisotopic (exact) mass is 455 g/mol. The van der Waals surface area contributed by atoms with Crippen LogP contribution in [0.5, 0.6) is 0 Å². The molecular weight excluding hydrogens is 422 g/mol. The molecule has 0 saturated carbocycles. The zero-order valence-electron chi connectivity index (χ0n) is 19.2. The van der Waals surface area contributed by atoms with E-state index in [4.69, 9.17) is 19.4 Å². The maximum absolute atomic E-state index is 9.48. The third-order valence-electron chi connectivity index (χ3n) is 5.94. The lowest BCUT2D eigenvalue weighted by molar-refractivity contribution is -0.0805. The summed E-state index contributed by atoms with van der Waals surface area (Å²) < 4.78 is 19.0. The Hall–Kier alpha value is -2.19. The highest BCUT2D eigenvalue weighted by molar-refractivity contribution is 6.99. The summed E-state index contributed by atoms with van der Waals surface area (Å²) in [5.41, 5.74) is 8.73. The van der Waals surface area contributed by atoms with Crippen LogP contribution >= 0.6 is 0 Å². The molecule has 2 unspecified atom stereocenters. The molecule has 4 atom stereocenters. The van der Waals surface area contributed by atoms with Gasteiger partial charge >= 0.3 is 0 Å². The second kappa shape index (κ2) is 10.6. The molecule has 172 valence electrons. The molecule has 0 amide bonds. The molecule has 2 aromatic rings. The van der Waals surface area contributed by atoms with Crippen LogP contribution in [0.2, 0.25) is 5.04 Å². The lowest BCUT2D eigenvalue weighted by atomic mass is 10.1. The van der Waals surface area contributed by atoms with E-state index in [2.05, 4.69) is 79.3 Å². The lowest BCUT2D eigenvalue weighted by Crippen LogP contribution is -2.67. The van der Waals surface area contributed by atoms with Crippen molar-refractivity contribution in [3.05, 3.63) is 71.1 Å². The van der Waals surface area contributed by atoms with Gasteiger partial charge in [0.1, 0.15) is 6.10 Å². The van der Waals surface area contributed by atoms with Crippen LogP contribution in [0.25, 0.3) is 10.4 Å². The first-order valence-corrected chi connectivity index (χ1v) is 12.9. The smallest absolute Gasteiger partial charge is 0.261 e. The Bertz CT molecular complexity index is 861. The molecule has 0 spiro atoms. The molecule has 1 aliphatic heterocycles. The van der Waals surface area contributed by atoms with Gasteiger partial charge in [-0.3, -0.25) is 0 Å². The van der Waals surface area contributed by atoms with E-state index < -0.39 is 14.5 Å². The van der Waals surface area contributed by atoms with Gasteiger partial charge in [0.25, 0.3) is 8.32 Å². The molecule has 32 heavy (non-hydrogen) atoms. The normalized spacial score (nSPS) is 22.3. The summed E-state index contributed by atoms with van der Waals surface area (Å²) in [4.78, 5) is 2.76. The fraction of sp³-hybridized carbons (Fsp3) is 0.500. The van der Waals surface area contributed by atoms with Crippen molar-refractivity contribution in [3.63, 3.8) is 0 Å². The highest BCUT2D eigenvalue weighted by atomic mass is 28.4. The van der Waals surface area contributed by atoms with Gasteiger partial charge in [-0.2, -0.15) is 0 Å². The van der Waals surface area contributed by atoms with Crippen molar-refractivity contribution in [1.29, 1.82) is 0 Å². The van der Waals surface area contributed by atoms with Crippen LogP contribution in [-0.4, -0.2) is 51.2 Å². The lowest BCUT2D eigenvalue weighted by Gasteiger charge is -2.43. The van der Waals surface area contributed by atoms with E-state index >= 15 is 0 Å². The van der Waals surface area contributed by atoms with Crippen molar-refractivity contribution < 1.29 is 19.0 Å². The van der Waals surface area contributed by atoms with Gasteiger partial charge in [0.15, 0.2) is 6.23 Å². The Morgan fingerprint density at radius 2 is 1.69 bits per heavy atom. The molecule has 1 saturated heterocycles. The predicted molar refractivity (Wildman–Crippen MR) is 127 cm³/mol. The second-order valence-electron chi connectivity index (χ2n) is 9.21. The summed E-state index contributed by atoms with van der Waals surface area (Å²) in [6, 6.07) is 20.9. The molecule has 3 rings (SSSR count). The van der Waals surface area contributed by atoms with Gasteiger partial charge in [-0.15, -0.1) is 0 Å². The fourth-order valence-corrected chi connectivity index (χ4v) is 9.11. The Morgan fingerprint density at radius 3 is 2.16 bits per heavy atom. The fourth-order valence-electron chi connectivity index (χ4n) is 4.55. The van der Waals surface area contributed by atoms with Gasteiger partial charge < -0.3 is 19.0 Å². The van der Waals surface area contributed by atoms with E-state index in [0.29, 0.717) is 13.0 Å². The van der Waals surface area contributed by atoms with Crippen LogP contribution in [0, 0.1) is 0 Å². The van der Waals surface area contributed by atoms with Crippen molar-refractivity contribution in [1.82, 2.24) is 0 Å². The number of aliphatic hydroxyl groups is 1. The van der Waals surface area contributed by atoms with Crippen LogP contribution < -0.4 is 10.4 Å². The van der Waals surface area contributed by atoms with Gasteiger partial charge in [0.05, 0.1) is 25.4 Å². The number of nitrogens with zero attached hydrogens (tertiary/aromatic N) is 3. The molecule has 0 aromatic heterocycles. The predicted octanol–water partition coefficient (Wildman–Crippen LogP) is 3.75. The summed E-state index contributed by atoms with van der Waals surface area (Å²) >= 11 is 0. The maximum Gasteiger partial charge on any atom is 0.261 e. The maximum atomic E-state index is 9.48. The standard InChI is InChI=1S/C24H33N3O4Si/c1-18-15-21(31-23(16-28)26-27-25)22(30-18)17-29-32(24(2,3)4,19-11-7-5-8-12-19)20-13-9-6-10-14-20/h5-14,18,21-23,28H,15-17H2,1-4H3/t18-,21?,22+,23?/m0/s1. The molecule has 0 bridgehead atoms. The van der Waals surface area contributed by atoms with Crippen LogP contribution in [0.1, 0.15) is 34.1 Å². The summed E-state index contributed by atoms with van der Waals surface area (Å²) in [5.74, 6) is 0. The van der Waals surface area contributed by atoms with Gasteiger partial charge in [0.2, 0.25) is 0 Å². The van der Waals surface area contributed by atoms with E-state index in [-0.39, 0.29) is 30.0 Å². The molecular formula is C24H33N3O4Si. The van der Waals surface area contributed by atoms with E-state index in [1.807, 2.05) is 19.1 Å². The third kappa shape index (κ3) is 5.23. The van der Waals surface area contributed by atoms with E-state index in [1.165, 1.54) is 10.4 Å². The van der Waals surface area contributed by atoms with Gasteiger partial charge in [-0.1, -0.05) is 86.5 Å². The Morgan fingerprint density at radius 1 is 1.12 bits per heavy atom. The molecule has 0 aliphatic carbocycles. The summed E-state index contributed by atoms with van der Waals surface area (Å²) in [6.45, 7) is 8.65. The number of benzene rings is 2. The number of hydrogen-bond acceptors (Lipinski definition) is 5. The number of aliphatic hydroxyl groups excluding tert-OH is 1. The number of hydrogen-bond donors (Lipinski definition) is 1. The number of rotatable bonds is 9. The van der Waals surface area contributed by atoms with Crippen LogP contribution in [0.3, 0.4) is 0 Å². The van der Waals surface area contributed by atoms with Gasteiger partial charge in [-0.05, 0) is 27.9 Å². The molecule has 1 fully saturated rings. The van der Waals surface area contributed by atoms with Gasteiger partial charge in [0, 0.05) is 11.3 Å². The van der Waals surface area contributed by atoms with E-state index in [1.54, 1.807) is 0 Å². The Kier molecular flexibility index (Phi) is 8.11. The van der Waals surface area contributed by atoms with Crippen molar-refractivity contribution in [2.24, 2.45) is 5.11 Å².